The van der Waals surface area contributed by atoms with Crippen molar-refractivity contribution in [2.24, 2.45) is 0 Å². The summed E-state index contributed by atoms with van der Waals surface area (Å²) in [5, 5.41) is 0. The molecule has 1 fully saturated rings. The van der Waals surface area contributed by atoms with Crippen molar-refractivity contribution in [3.05, 3.63) is 23.8 Å². The monoisotopic (exact) mass is 247 g/mol. The molecule has 4 nitrogen and oxygen atoms in total. The first kappa shape index (κ1) is 12.7. The lowest BCUT2D eigenvalue weighted by Crippen LogP contribution is -2.32. The lowest BCUT2D eigenvalue weighted by Gasteiger charge is -2.21. The number of carbonyl (C=O) groups is 1. The number of nitrogens with zero attached hydrogens (tertiary/aromatic N) is 2. The molecule has 0 heterocycles. The molecule has 18 heavy (non-hydrogen) atoms. The van der Waals surface area contributed by atoms with Gasteiger partial charge in [-0.25, -0.2) is 0 Å². The van der Waals surface area contributed by atoms with Crippen molar-refractivity contribution in [1.29, 1.82) is 0 Å². The Balaban J connectivity index is 2.22. The third kappa shape index (κ3) is 2.42. The topological polar surface area (TPSA) is 49.6 Å². The fourth-order valence-corrected chi connectivity index (χ4v) is 2.21. The van der Waals surface area contributed by atoms with Crippen LogP contribution < -0.4 is 10.6 Å². The van der Waals surface area contributed by atoms with Crippen molar-refractivity contribution in [2.45, 2.75) is 25.8 Å². The highest BCUT2D eigenvalue weighted by Crippen LogP contribution is 2.29. The molecule has 98 valence electrons. The van der Waals surface area contributed by atoms with Crippen LogP contribution in [0.25, 0.3) is 0 Å². The molecular weight excluding hydrogens is 226 g/mol. The summed E-state index contributed by atoms with van der Waals surface area (Å²) < 4.78 is 0. The summed E-state index contributed by atoms with van der Waals surface area (Å²) in [6, 6.07) is 5.99. The largest absolute Gasteiger partial charge is 0.397 e. The van der Waals surface area contributed by atoms with Gasteiger partial charge in [0.2, 0.25) is 0 Å². The fraction of sp³-hybridized carbons (Fsp3) is 0.500. The summed E-state index contributed by atoms with van der Waals surface area (Å²) in [4.78, 5) is 16.2. The molecule has 1 aromatic carbocycles. The highest BCUT2D eigenvalue weighted by Gasteiger charge is 2.31. The average molecular weight is 247 g/mol. The van der Waals surface area contributed by atoms with Gasteiger partial charge in [-0.05, 0) is 38.0 Å². The van der Waals surface area contributed by atoms with Crippen LogP contribution in [0.5, 0.6) is 0 Å². The summed E-state index contributed by atoms with van der Waals surface area (Å²) in [5.41, 5.74) is 8.26. The molecule has 2 N–H and O–H groups in total. The zero-order valence-electron chi connectivity index (χ0n) is 11.3. The third-order valence-corrected chi connectivity index (χ3v) is 3.35. The maximum absolute atomic E-state index is 12.3. The van der Waals surface area contributed by atoms with Gasteiger partial charge >= 0.3 is 0 Å². The molecule has 1 saturated carbocycles. The van der Waals surface area contributed by atoms with Crippen LogP contribution in [0.3, 0.4) is 0 Å². The van der Waals surface area contributed by atoms with Crippen molar-refractivity contribution < 1.29 is 4.79 Å². The molecule has 1 aliphatic rings. The highest BCUT2D eigenvalue weighted by molar-refractivity contribution is 5.96. The Morgan fingerprint density at radius 1 is 1.39 bits per heavy atom. The van der Waals surface area contributed by atoms with Crippen molar-refractivity contribution in [1.82, 2.24) is 4.90 Å². The molecule has 1 aromatic rings. The number of anilines is 2. The van der Waals surface area contributed by atoms with E-state index in [4.69, 9.17) is 5.73 Å². The van der Waals surface area contributed by atoms with Crippen molar-refractivity contribution >= 4 is 17.3 Å². The van der Waals surface area contributed by atoms with Crippen LogP contribution in [0.15, 0.2) is 18.2 Å². The molecular formula is C14H21N3O. The van der Waals surface area contributed by atoms with E-state index in [1.54, 1.807) is 6.07 Å². The smallest absolute Gasteiger partial charge is 0.254 e. The van der Waals surface area contributed by atoms with Crippen molar-refractivity contribution in [2.75, 3.05) is 31.3 Å². The Hall–Kier alpha value is -1.71. The molecule has 0 aliphatic heterocycles. The Morgan fingerprint density at radius 3 is 2.50 bits per heavy atom. The Kier molecular flexibility index (Phi) is 3.45. The molecule has 0 aromatic heterocycles. The maximum atomic E-state index is 12.3. The second-order valence-electron chi connectivity index (χ2n) is 4.99. The van der Waals surface area contributed by atoms with E-state index in [2.05, 4.69) is 0 Å². The molecule has 0 atom stereocenters. The first-order chi connectivity index (χ1) is 8.54. The molecule has 0 radical (unpaired) electrons. The number of hydrogen-bond acceptors (Lipinski definition) is 3. The second kappa shape index (κ2) is 4.88. The summed E-state index contributed by atoms with van der Waals surface area (Å²) in [6.45, 7) is 2.78. The van der Waals surface area contributed by atoms with Crippen LogP contribution in [0.1, 0.15) is 30.1 Å². The molecule has 0 bridgehead atoms. The molecule has 1 amide bonds. The summed E-state index contributed by atoms with van der Waals surface area (Å²) in [7, 11) is 3.88. The normalized spacial score (nSPS) is 14.4. The molecule has 2 rings (SSSR count). The summed E-state index contributed by atoms with van der Waals surface area (Å²) in [5.74, 6) is 0.0945. The number of amides is 1. The van der Waals surface area contributed by atoms with Gasteiger partial charge in [-0.3, -0.25) is 4.79 Å². The standard InChI is InChI=1S/C14H21N3O/c1-4-17(11-6-7-11)14(18)10-5-8-13(16(2)3)12(15)9-10/h5,8-9,11H,4,6-7,15H2,1-3H3. The van der Waals surface area contributed by atoms with E-state index in [1.165, 1.54) is 0 Å². The minimum atomic E-state index is 0.0945. The van der Waals surface area contributed by atoms with E-state index < -0.39 is 0 Å². The van der Waals surface area contributed by atoms with Crippen LogP contribution in [0, 0.1) is 0 Å². The van der Waals surface area contributed by atoms with E-state index in [1.807, 2.05) is 43.0 Å². The van der Waals surface area contributed by atoms with Gasteiger partial charge in [-0.1, -0.05) is 0 Å². The second-order valence-corrected chi connectivity index (χ2v) is 4.99. The first-order valence-electron chi connectivity index (χ1n) is 6.42. The maximum Gasteiger partial charge on any atom is 0.254 e. The van der Waals surface area contributed by atoms with Gasteiger partial charge < -0.3 is 15.5 Å². The average Bonchev–Trinajstić information content (AvgIpc) is 3.13. The van der Waals surface area contributed by atoms with Gasteiger partial charge in [0.15, 0.2) is 0 Å². The quantitative estimate of drug-likeness (QED) is 0.827. The number of rotatable bonds is 4. The van der Waals surface area contributed by atoms with Crippen molar-refractivity contribution in [3.63, 3.8) is 0 Å². The Labute approximate surface area is 108 Å². The number of benzene rings is 1. The van der Waals surface area contributed by atoms with Crippen LogP contribution in [-0.4, -0.2) is 37.5 Å². The zero-order chi connectivity index (χ0) is 13.3. The fourth-order valence-electron chi connectivity index (χ4n) is 2.21. The number of nitrogens with two attached hydrogens (primary N) is 1. The van der Waals surface area contributed by atoms with Gasteiger partial charge in [0.1, 0.15) is 0 Å². The molecule has 0 saturated heterocycles. The van der Waals surface area contributed by atoms with Crippen LogP contribution in [-0.2, 0) is 0 Å². The van der Waals surface area contributed by atoms with Gasteiger partial charge in [0, 0.05) is 32.2 Å². The number of hydrogen-bond donors (Lipinski definition) is 1. The van der Waals surface area contributed by atoms with Gasteiger partial charge in [0.05, 0.1) is 11.4 Å². The minimum absolute atomic E-state index is 0.0945. The predicted octanol–water partition coefficient (Wildman–Crippen LogP) is 1.96. The van der Waals surface area contributed by atoms with E-state index in [-0.39, 0.29) is 5.91 Å². The first-order valence-corrected chi connectivity index (χ1v) is 6.42. The molecule has 1 aliphatic carbocycles. The predicted molar refractivity (Wildman–Crippen MR) is 74.9 cm³/mol. The Morgan fingerprint density at radius 2 is 2.06 bits per heavy atom. The van der Waals surface area contributed by atoms with Gasteiger partial charge in [0.25, 0.3) is 5.91 Å². The SMILES string of the molecule is CCN(C(=O)c1ccc(N(C)C)c(N)c1)C1CC1. The van der Waals surface area contributed by atoms with Crippen LogP contribution in [0.4, 0.5) is 11.4 Å². The van der Waals surface area contributed by atoms with Crippen LogP contribution in [0.2, 0.25) is 0 Å². The van der Waals surface area contributed by atoms with Crippen molar-refractivity contribution in [3.8, 4) is 0 Å². The van der Waals surface area contributed by atoms with E-state index >= 15 is 0 Å². The summed E-state index contributed by atoms with van der Waals surface area (Å²) in [6.07, 6.45) is 2.26. The highest BCUT2D eigenvalue weighted by atomic mass is 16.2. The van der Waals surface area contributed by atoms with E-state index in [0.717, 1.165) is 25.1 Å². The lowest BCUT2D eigenvalue weighted by atomic mass is 10.1. The molecule has 0 spiro atoms. The molecule has 4 heteroatoms. The van der Waals surface area contributed by atoms with Gasteiger partial charge in [-0.2, -0.15) is 0 Å². The van der Waals surface area contributed by atoms with E-state index in [9.17, 15) is 4.79 Å². The zero-order valence-corrected chi connectivity index (χ0v) is 11.3. The number of carbonyl (C=O) groups excluding carboxylic acids is 1. The summed E-state index contributed by atoms with van der Waals surface area (Å²) >= 11 is 0. The van der Waals surface area contributed by atoms with E-state index in [0.29, 0.717) is 17.3 Å². The van der Waals surface area contributed by atoms with Crippen LogP contribution >= 0.6 is 0 Å². The van der Waals surface area contributed by atoms with Gasteiger partial charge in [-0.15, -0.1) is 0 Å². The minimum Gasteiger partial charge on any atom is -0.397 e. The molecule has 0 unspecified atom stereocenters. The third-order valence-electron chi connectivity index (χ3n) is 3.35. The number of nitrogen functional groups attached to an aromatic ring is 1. The lowest BCUT2D eigenvalue weighted by molar-refractivity contribution is 0.0752. The Bertz CT molecular complexity index is 452.